The van der Waals surface area contributed by atoms with E-state index in [4.69, 9.17) is 5.73 Å². The molecule has 13 nitrogen and oxygen atoms in total. The minimum atomic E-state index is -1.06. The van der Waals surface area contributed by atoms with E-state index in [1.807, 2.05) is 31.2 Å². The molecule has 15 heteroatoms. The SMILES string of the molecule is CCc1nc2ccccc2cc1C(=O)N[C@@H](CSS)C(=O)NC(C(=O)N[C@@H](Cc1cnc[nH]1)C(=O)NC(C)C(C)C(N)=O)C(C)C. The standard InChI is InChI=1S/C31H42N8O5S2/c1-6-22-21(11-19-9-7-8-10-23(19)36-22)28(41)38-25(14-46-45)30(43)39-26(16(2)3)31(44)37-24(12-20-13-33-15-34-20)29(42)35-18(5)17(4)27(32)40/h7-11,13,15-18,24-26,45H,6,12,14H2,1-5H3,(H2,32,40)(H,33,34)(H,35,42)(H,37,44)(H,38,41)(H,39,43)/t17?,18?,24-,25-,26?/m0/s1. The van der Waals surface area contributed by atoms with E-state index in [-0.39, 0.29) is 18.1 Å². The smallest absolute Gasteiger partial charge is 0.253 e. The summed E-state index contributed by atoms with van der Waals surface area (Å²) in [6.45, 7) is 8.63. The number of nitrogens with two attached hydrogens (primary N) is 1. The molecule has 0 saturated heterocycles. The third-order valence-corrected chi connectivity index (χ3v) is 8.60. The van der Waals surface area contributed by atoms with Gasteiger partial charge in [0.2, 0.25) is 23.6 Å². The summed E-state index contributed by atoms with van der Waals surface area (Å²) in [5.41, 5.74) is 7.69. The van der Waals surface area contributed by atoms with Crippen LogP contribution in [0, 0.1) is 11.8 Å². The molecule has 5 atom stereocenters. The molecule has 3 unspecified atom stereocenters. The summed E-state index contributed by atoms with van der Waals surface area (Å²) < 4.78 is 0. The van der Waals surface area contributed by atoms with E-state index in [2.05, 4.69) is 47.9 Å². The Labute approximate surface area is 277 Å². The Morgan fingerprint density at radius 3 is 2.26 bits per heavy atom. The van der Waals surface area contributed by atoms with Crippen LogP contribution in [0.2, 0.25) is 0 Å². The molecular formula is C31H42N8O5S2. The lowest BCUT2D eigenvalue weighted by atomic mass is 10.0. The van der Waals surface area contributed by atoms with Crippen molar-refractivity contribution in [2.45, 2.75) is 71.6 Å². The number of aromatic amines is 1. The molecular weight excluding hydrogens is 629 g/mol. The Morgan fingerprint density at radius 1 is 0.957 bits per heavy atom. The van der Waals surface area contributed by atoms with Crippen molar-refractivity contribution < 1.29 is 24.0 Å². The molecule has 2 aromatic heterocycles. The number of fused-ring (bicyclic) bond motifs is 1. The van der Waals surface area contributed by atoms with Crippen LogP contribution in [0.15, 0.2) is 42.9 Å². The number of aryl methyl sites for hydroxylation is 1. The number of carbonyl (C=O) groups excluding carboxylic acids is 5. The molecule has 0 saturated carbocycles. The van der Waals surface area contributed by atoms with E-state index in [0.29, 0.717) is 23.4 Å². The van der Waals surface area contributed by atoms with Crippen LogP contribution in [0.5, 0.6) is 0 Å². The van der Waals surface area contributed by atoms with E-state index in [0.717, 1.165) is 21.7 Å². The van der Waals surface area contributed by atoms with Gasteiger partial charge in [0.1, 0.15) is 18.1 Å². The van der Waals surface area contributed by atoms with Gasteiger partial charge in [-0.3, -0.25) is 29.0 Å². The van der Waals surface area contributed by atoms with Crippen molar-refractivity contribution in [1.82, 2.24) is 36.2 Å². The number of hydrogen-bond donors (Lipinski definition) is 7. The molecule has 248 valence electrons. The van der Waals surface area contributed by atoms with Crippen molar-refractivity contribution in [3.63, 3.8) is 0 Å². The fourth-order valence-electron chi connectivity index (χ4n) is 4.69. The van der Waals surface area contributed by atoms with E-state index in [9.17, 15) is 24.0 Å². The number of imidazole rings is 1. The maximum absolute atomic E-state index is 13.6. The summed E-state index contributed by atoms with van der Waals surface area (Å²) in [6, 6.07) is 5.46. The fraction of sp³-hybridized carbons (Fsp3) is 0.452. The van der Waals surface area contributed by atoms with Crippen molar-refractivity contribution in [2.75, 3.05) is 5.75 Å². The Morgan fingerprint density at radius 2 is 1.65 bits per heavy atom. The lowest BCUT2D eigenvalue weighted by Gasteiger charge is -2.28. The van der Waals surface area contributed by atoms with Gasteiger partial charge in [-0.05, 0) is 31.4 Å². The van der Waals surface area contributed by atoms with Crippen molar-refractivity contribution in [3.05, 3.63) is 59.8 Å². The van der Waals surface area contributed by atoms with Gasteiger partial charge in [-0.15, -0.1) is 11.7 Å². The minimum Gasteiger partial charge on any atom is -0.369 e. The zero-order chi connectivity index (χ0) is 34.0. The number of primary amides is 1. The number of para-hydroxylation sites is 1. The Kier molecular flexibility index (Phi) is 13.4. The van der Waals surface area contributed by atoms with Gasteiger partial charge < -0.3 is 32.0 Å². The van der Waals surface area contributed by atoms with E-state index < -0.39 is 59.6 Å². The number of H-pyrrole nitrogens is 1. The lowest BCUT2D eigenvalue weighted by Crippen LogP contribution is -2.59. The molecule has 0 spiro atoms. The van der Waals surface area contributed by atoms with Gasteiger partial charge in [-0.2, -0.15) is 0 Å². The molecule has 3 aromatic rings. The van der Waals surface area contributed by atoms with Gasteiger partial charge in [-0.1, -0.05) is 56.7 Å². The van der Waals surface area contributed by atoms with Crippen LogP contribution in [0.25, 0.3) is 10.9 Å². The van der Waals surface area contributed by atoms with Crippen molar-refractivity contribution >= 4 is 62.9 Å². The van der Waals surface area contributed by atoms with Crippen LogP contribution in [0.1, 0.15) is 56.4 Å². The Bertz CT molecular complexity index is 1530. The molecule has 0 aliphatic heterocycles. The number of pyridine rings is 1. The minimum absolute atomic E-state index is 0.0720. The van der Waals surface area contributed by atoms with Crippen LogP contribution >= 0.6 is 22.5 Å². The van der Waals surface area contributed by atoms with Crippen LogP contribution in [0.4, 0.5) is 0 Å². The van der Waals surface area contributed by atoms with Gasteiger partial charge in [0.25, 0.3) is 5.91 Å². The van der Waals surface area contributed by atoms with Crippen molar-refractivity contribution in [3.8, 4) is 0 Å². The molecule has 46 heavy (non-hydrogen) atoms. The number of nitrogens with one attached hydrogen (secondary N) is 5. The summed E-state index contributed by atoms with van der Waals surface area (Å²) in [5, 5.41) is 11.8. The van der Waals surface area contributed by atoms with Crippen molar-refractivity contribution in [2.24, 2.45) is 17.6 Å². The quantitative estimate of drug-likeness (QED) is 0.0881. The maximum atomic E-state index is 13.6. The fourth-order valence-corrected chi connectivity index (χ4v) is 5.52. The molecule has 0 aliphatic rings. The Balaban J connectivity index is 1.78. The lowest BCUT2D eigenvalue weighted by molar-refractivity contribution is -0.133. The van der Waals surface area contributed by atoms with E-state index in [1.54, 1.807) is 33.8 Å². The van der Waals surface area contributed by atoms with Gasteiger partial charge in [0.05, 0.1) is 29.0 Å². The highest BCUT2D eigenvalue weighted by molar-refractivity contribution is 8.68. The third-order valence-electron chi connectivity index (χ3n) is 7.67. The predicted molar refractivity (Wildman–Crippen MR) is 181 cm³/mol. The molecule has 0 aliphatic carbocycles. The monoisotopic (exact) mass is 670 g/mol. The molecule has 2 heterocycles. The highest BCUT2D eigenvalue weighted by atomic mass is 33.1. The summed E-state index contributed by atoms with van der Waals surface area (Å²) in [4.78, 5) is 77.0. The first kappa shape index (κ1) is 36.4. The maximum Gasteiger partial charge on any atom is 0.253 e. The highest BCUT2D eigenvalue weighted by Gasteiger charge is 2.33. The van der Waals surface area contributed by atoms with E-state index in [1.165, 1.54) is 12.5 Å². The number of rotatable bonds is 16. The second kappa shape index (κ2) is 17.0. The van der Waals surface area contributed by atoms with Gasteiger partial charge in [0.15, 0.2) is 0 Å². The second-order valence-electron chi connectivity index (χ2n) is 11.4. The first-order chi connectivity index (χ1) is 21.9. The molecule has 1 aromatic carbocycles. The first-order valence-electron chi connectivity index (χ1n) is 15.0. The summed E-state index contributed by atoms with van der Waals surface area (Å²) in [7, 11) is 1.07. The first-order valence-corrected chi connectivity index (χ1v) is 17.0. The highest BCUT2D eigenvalue weighted by Crippen LogP contribution is 2.18. The molecule has 5 amide bonds. The topological polar surface area (TPSA) is 201 Å². The molecule has 7 N–H and O–H groups in total. The number of carbonyl (C=O) groups is 5. The normalized spacial score (nSPS) is 14.5. The number of amides is 5. The largest absolute Gasteiger partial charge is 0.369 e. The van der Waals surface area contributed by atoms with Gasteiger partial charge >= 0.3 is 0 Å². The zero-order valence-electron chi connectivity index (χ0n) is 26.5. The van der Waals surface area contributed by atoms with E-state index >= 15 is 0 Å². The summed E-state index contributed by atoms with van der Waals surface area (Å²) in [5.74, 6) is -3.69. The molecule has 3 rings (SSSR count). The Hall–Kier alpha value is -4.11. The summed E-state index contributed by atoms with van der Waals surface area (Å²) >= 11 is 4.20. The number of hydrogen-bond acceptors (Lipinski definition) is 9. The molecule has 0 bridgehead atoms. The van der Waals surface area contributed by atoms with Gasteiger partial charge in [-0.25, -0.2) is 4.98 Å². The predicted octanol–water partition coefficient (Wildman–Crippen LogP) is 1.69. The van der Waals surface area contributed by atoms with Crippen molar-refractivity contribution in [1.29, 1.82) is 0 Å². The molecule has 0 fully saturated rings. The zero-order valence-corrected chi connectivity index (χ0v) is 28.2. The number of nitrogens with zero attached hydrogens (tertiary/aromatic N) is 2. The second-order valence-corrected chi connectivity index (χ2v) is 12.8. The number of aromatic nitrogens is 3. The van der Waals surface area contributed by atoms with Crippen LogP contribution < -0.4 is 27.0 Å². The van der Waals surface area contributed by atoms with Crippen LogP contribution in [-0.2, 0) is 32.0 Å². The van der Waals surface area contributed by atoms with Gasteiger partial charge in [0, 0.05) is 35.5 Å². The van der Waals surface area contributed by atoms with Crippen LogP contribution in [0.3, 0.4) is 0 Å². The average molecular weight is 671 g/mol. The van der Waals surface area contributed by atoms with Crippen LogP contribution in [-0.4, -0.2) is 74.4 Å². The summed E-state index contributed by atoms with van der Waals surface area (Å²) in [6.07, 6.45) is 3.56. The number of benzene rings is 1. The molecule has 0 radical (unpaired) electrons. The average Bonchev–Trinajstić information content (AvgIpc) is 3.54. The third kappa shape index (κ3) is 9.69. The number of thiol groups is 1.